The lowest BCUT2D eigenvalue weighted by molar-refractivity contribution is 0.118. The topological polar surface area (TPSA) is 64.6 Å². The molecule has 0 saturated heterocycles. The van der Waals surface area contributed by atoms with Crippen molar-refractivity contribution in [2.45, 2.75) is 24.3 Å². The molecule has 0 aliphatic carbocycles. The molecule has 0 radical (unpaired) electrons. The molecule has 0 aromatic heterocycles. The second kappa shape index (κ2) is 8.86. The predicted molar refractivity (Wildman–Crippen MR) is 119 cm³/mol. The van der Waals surface area contributed by atoms with Gasteiger partial charge >= 0.3 is 0 Å². The molecule has 1 N–H and O–H groups in total. The van der Waals surface area contributed by atoms with Crippen LogP contribution in [0.15, 0.2) is 59.5 Å². The van der Waals surface area contributed by atoms with Gasteiger partial charge in [-0.1, -0.05) is 41.9 Å². The highest BCUT2D eigenvalue weighted by molar-refractivity contribution is 7.92. The number of rotatable bonds is 1. The predicted octanol–water partition coefficient (Wildman–Crippen LogP) is 5.42. The molecular formula is C23H21ClFNO4S. The molecule has 1 aliphatic heterocycles. The van der Waals surface area contributed by atoms with Crippen LogP contribution in [0.4, 0.5) is 10.1 Å². The van der Waals surface area contributed by atoms with E-state index in [4.69, 9.17) is 21.1 Å². The first-order valence-electron chi connectivity index (χ1n) is 9.74. The minimum atomic E-state index is -4.20. The molecular weight excluding hydrogens is 441 g/mol. The van der Waals surface area contributed by atoms with Crippen LogP contribution in [0.3, 0.4) is 0 Å². The molecule has 4 rings (SSSR count). The monoisotopic (exact) mass is 461 g/mol. The van der Waals surface area contributed by atoms with Crippen LogP contribution in [-0.4, -0.2) is 22.1 Å². The lowest BCUT2D eigenvalue weighted by Gasteiger charge is -2.16. The van der Waals surface area contributed by atoms with Crippen molar-refractivity contribution in [1.29, 1.82) is 0 Å². The van der Waals surface area contributed by atoms with E-state index in [0.29, 0.717) is 17.7 Å². The summed E-state index contributed by atoms with van der Waals surface area (Å²) in [6, 6.07) is 15.2. The number of methoxy groups -OCH3 is 1. The molecule has 5 nitrogen and oxygen atoms in total. The van der Waals surface area contributed by atoms with E-state index in [1.165, 1.54) is 25.3 Å². The molecule has 0 fully saturated rings. The van der Waals surface area contributed by atoms with Gasteiger partial charge in [0.25, 0.3) is 10.0 Å². The molecule has 4 bridgehead atoms. The van der Waals surface area contributed by atoms with Crippen LogP contribution < -0.4 is 9.46 Å². The number of sulfonamides is 1. The summed E-state index contributed by atoms with van der Waals surface area (Å²) in [7, 11) is -2.87. The van der Waals surface area contributed by atoms with Crippen LogP contribution in [0.2, 0.25) is 5.02 Å². The minimum Gasteiger partial charge on any atom is -0.494 e. The summed E-state index contributed by atoms with van der Waals surface area (Å²) in [6.07, 6.45) is 1.54. The summed E-state index contributed by atoms with van der Waals surface area (Å²) < 4.78 is 54.3. The molecule has 1 heterocycles. The molecule has 0 spiro atoms. The highest BCUT2D eigenvalue weighted by Crippen LogP contribution is 2.36. The summed E-state index contributed by atoms with van der Waals surface area (Å²) in [5, 5.41) is 0.134. The minimum absolute atomic E-state index is 0.0101. The van der Waals surface area contributed by atoms with Crippen LogP contribution in [0.25, 0.3) is 11.1 Å². The number of anilines is 1. The molecule has 0 amide bonds. The zero-order valence-electron chi connectivity index (χ0n) is 16.8. The molecule has 0 unspecified atom stereocenters. The average Bonchev–Trinajstić information content (AvgIpc) is 2.74. The maximum absolute atomic E-state index is 14.6. The van der Waals surface area contributed by atoms with Gasteiger partial charge in [-0.05, 0) is 59.4 Å². The Balaban J connectivity index is 1.88. The number of ether oxygens (including phenoxy) is 2. The van der Waals surface area contributed by atoms with E-state index in [1.807, 2.05) is 24.3 Å². The Bertz CT molecular complexity index is 1230. The van der Waals surface area contributed by atoms with Crippen LogP contribution >= 0.6 is 11.6 Å². The quantitative estimate of drug-likeness (QED) is 0.525. The van der Waals surface area contributed by atoms with Gasteiger partial charge in [0.1, 0.15) is 10.7 Å². The number of benzene rings is 3. The van der Waals surface area contributed by atoms with Crippen molar-refractivity contribution in [3.8, 4) is 16.9 Å². The van der Waals surface area contributed by atoms with Gasteiger partial charge in [-0.2, -0.15) is 0 Å². The molecule has 1 aliphatic rings. The average molecular weight is 462 g/mol. The van der Waals surface area contributed by atoms with Crippen molar-refractivity contribution in [2.24, 2.45) is 0 Å². The third-order valence-corrected chi connectivity index (χ3v) is 6.76. The van der Waals surface area contributed by atoms with Gasteiger partial charge in [-0.25, -0.2) is 12.8 Å². The van der Waals surface area contributed by atoms with E-state index in [1.54, 1.807) is 12.1 Å². The van der Waals surface area contributed by atoms with Gasteiger partial charge in [-0.15, -0.1) is 0 Å². The summed E-state index contributed by atoms with van der Waals surface area (Å²) in [5.74, 6) is -0.692. The first-order valence-corrected chi connectivity index (χ1v) is 11.6. The van der Waals surface area contributed by atoms with Crippen molar-refractivity contribution < 1.29 is 22.3 Å². The Morgan fingerprint density at radius 2 is 1.94 bits per heavy atom. The highest BCUT2D eigenvalue weighted by Gasteiger charge is 2.25. The first kappa shape index (κ1) is 21.6. The third-order valence-electron chi connectivity index (χ3n) is 5.11. The van der Waals surface area contributed by atoms with E-state index in [2.05, 4.69) is 4.72 Å². The van der Waals surface area contributed by atoms with Gasteiger partial charge in [0.2, 0.25) is 0 Å². The summed E-state index contributed by atoms with van der Waals surface area (Å²) in [6.45, 7) is 0.684. The second-order valence-electron chi connectivity index (χ2n) is 7.22. The largest absolute Gasteiger partial charge is 0.494 e. The Labute approximate surface area is 185 Å². The van der Waals surface area contributed by atoms with E-state index in [-0.39, 0.29) is 28.0 Å². The standard InChI is InChI=1S/C23H21ClFNO4S/c1-29-23-19(24)11-15-12-22(23)31(27,28)26-21-13-17(8-9-20(21)25)18-7-3-2-5-16(18)6-4-10-30-14-15/h2-3,5,7-9,11-13,26H,4,6,10,14H2,1H3. The van der Waals surface area contributed by atoms with Gasteiger partial charge < -0.3 is 9.47 Å². The maximum Gasteiger partial charge on any atom is 0.265 e. The normalized spacial score (nSPS) is 15.7. The van der Waals surface area contributed by atoms with Crippen molar-refractivity contribution >= 4 is 27.3 Å². The first-order chi connectivity index (χ1) is 14.9. The van der Waals surface area contributed by atoms with E-state index in [9.17, 15) is 12.8 Å². The number of halogens is 2. The molecule has 31 heavy (non-hydrogen) atoms. The van der Waals surface area contributed by atoms with E-state index in [0.717, 1.165) is 24.0 Å². The number of hydrogen-bond acceptors (Lipinski definition) is 4. The van der Waals surface area contributed by atoms with Crippen LogP contribution in [0.5, 0.6) is 5.75 Å². The Morgan fingerprint density at radius 3 is 2.74 bits per heavy atom. The Hall–Kier alpha value is -2.61. The van der Waals surface area contributed by atoms with Crippen LogP contribution in [-0.2, 0) is 27.8 Å². The van der Waals surface area contributed by atoms with Crippen molar-refractivity contribution in [3.63, 3.8) is 0 Å². The Morgan fingerprint density at radius 1 is 1.13 bits per heavy atom. The maximum atomic E-state index is 14.6. The summed E-state index contributed by atoms with van der Waals surface area (Å²) >= 11 is 6.26. The third kappa shape index (κ3) is 4.54. The van der Waals surface area contributed by atoms with Gasteiger partial charge in [0.05, 0.1) is 24.4 Å². The van der Waals surface area contributed by atoms with Gasteiger partial charge in [-0.3, -0.25) is 4.72 Å². The molecule has 8 heteroatoms. The van der Waals surface area contributed by atoms with E-state index < -0.39 is 15.8 Å². The number of hydrogen-bond donors (Lipinski definition) is 1. The molecule has 162 valence electrons. The van der Waals surface area contributed by atoms with Crippen LogP contribution in [0.1, 0.15) is 17.5 Å². The van der Waals surface area contributed by atoms with E-state index >= 15 is 0 Å². The Kier molecular flexibility index (Phi) is 6.18. The van der Waals surface area contributed by atoms with Gasteiger partial charge in [0.15, 0.2) is 5.75 Å². The number of fused-ring (bicyclic) bond motifs is 6. The highest BCUT2D eigenvalue weighted by atomic mass is 35.5. The smallest absolute Gasteiger partial charge is 0.265 e. The molecule has 0 saturated carbocycles. The number of nitrogens with one attached hydrogen (secondary N) is 1. The van der Waals surface area contributed by atoms with Crippen molar-refractivity contribution in [2.75, 3.05) is 18.4 Å². The van der Waals surface area contributed by atoms with Crippen LogP contribution in [0, 0.1) is 5.82 Å². The molecule has 0 atom stereocenters. The van der Waals surface area contributed by atoms with Gasteiger partial charge in [0, 0.05) is 6.61 Å². The lowest BCUT2D eigenvalue weighted by atomic mass is 9.96. The molecule has 3 aromatic carbocycles. The summed E-state index contributed by atoms with van der Waals surface area (Å²) in [5.41, 5.74) is 3.13. The zero-order chi connectivity index (χ0) is 22.0. The van der Waals surface area contributed by atoms with Crippen molar-refractivity contribution in [1.82, 2.24) is 0 Å². The van der Waals surface area contributed by atoms with Crippen molar-refractivity contribution in [3.05, 3.63) is 76.6 Å². The molecule has 3 aromatic rings. The SMILES string of the molecule is COc1c(Cl)cc2cc1S(=O)(=O)Nc1cc(ccc1F)-c1ccccc1CCCOC2. The fourth-order valence-corrected chi connectivity index (χ4v) is 5.32. The number of aryl methyl sites for hydroxylation is 1. The fraction of sp³-hybridized carbons (Fsp3) is 0.217. The fourth-order valence-electron chi connectivity index (χ4n) is 3.65. The zero-order valence-corrected chi connectivity index (χ0v) is 18.4. The lowest BCUT2D eigenvalue weighted by Crippen LogP contribution is -2.16. The second-order valence-corrected chi connectivity index (χ2v) is 9.28. The summed E-state index contributed by atoms with van der Waals surface area (Å²) in [4.78, 5) is -0.179.